The number of Topliss-reactive ketones (excluding diaryl/α,β-unsaturated/α-hetero) is 1. The molecule has 1 saturated heterocycles. The molecular formula is C15H21N3O4S. The summed E-state index contributed by atoms with van der Waals surface area (Å²) in [6, 6.07) is 6.29. The molecule has 2 N–H and O–H groups in total. The van der Waals surface area contributed by atoms with Crippen molar-refractivity contribution in [3.8, 4) is 0 Å². The summed E-state index contributed by atoms with van der Waals surface area (Å²) in [6.45, 7) is 2.28. The predicted octanol–water partition coefficient (Wildman–Crippen LogP) is 1.43. The van der Waals surface area contributed by atoms with Crippen molar-refractivity contribution in [3.63, 3.8) is 0 Å². The van der Waals surface area contributed by atoms with E-state index < -0.39 is 10.0 Å². The summed E-state index contributed by atoms with van der Waals surface area (Å²) in [5.74, 6) is -0.0674. The van der Waals surface area contributed by atoms with Gasteiger partial charge in [0.1, 0.15) is 0 Å². The van der Waals surface area contributed by atoms with E-state index in [0.29, 0.717) is 37.2 Å². The normalized spacial score (nSPS) is 16.8. The van der Waals surface area contributed by atoms with Crippen molar-refractivity contribution in [2.24, 2.45) is 0 Å². The number of hydrogen-bond acceptors (Lipinski definition) is 4. The van der Waals surface area contributed by atoms with Crippen molar-refractivity contribution >= 4 is 27.5 Å². The van der Waals surface area contributed by atoms with Gasteiger partial charge in [0.2, 0.25) is 10.0 Å². The van der Waals surface area contributed by atoms with E-state index in [4.69, 9.17) is 0 Å². The third-order valence-corrected chi connectivity index (χ3v) is 5.09. The highest BCUT2D eigenvalue weighted by Crippen LogP contribution is 2.14. The average molecular weight is 339 g/mol. The molecule has 1 heterocycles. The molecule has 1 aromatic rings. The molecule has 0 radical (unpaired) electrons. The van der Waals surface area contributed by atoms with Crippen LogP contribution in [-0.4, -0.2) is 49.9 Å². The Morgan fingerprint density at radius 3 is 2.43 bits per heavy atom. The molecule has 0 aliphatic carbocycles. The standard InChI is InChI=1S/C15H21N3O4S/c1-11(19)12-4-3-5-14(10-12)17-15(20)16-13-6-8-18(9-7-13)23(2,21)22/h3-5,10,13H,6-9H2,1-2H3,(H2,16,17,20). The zero-order chi connectivity index (χ0) is 17.0. The molecule has 1 aliphatic rings. The first-order valence-corrected chi connectivity index (χ1v) is 9.24. The number of nitrogens with zero attached hydrogens (tertiary/aromatic N) is 1. The SMILES string of the molecule is CC(=O)c1cccc(NC(=O)NC2CCN(S(C)(=O)=O)CC2)c1. The van der Waals surface area contributed by atoms with Gasteiger partial charge in [0.15, 0.2) is 5.78 Å². The van der Waals surface area contributed by atoms with E-state index in [-0.39, 0.29) is 17.9 Å². The molecule has 0 aromatic heterocycles. The van der Waals surface area contributed by atoms with Crippen LogP contribution in [0, 0.1) is 0 Å². The van der Waals surface area contributed by atoms with Crippen LogP contribution in [0.15, 0.2) is 24.3 Å². The smallest absolute Gasteiger partial charge is 0.319 e. The second kappa shape index (κ2) is 7.10. The fraction of sp³-hybridized carbons (Fsp3) is 0.467. The largest absolute Gasteiger partial charge is 0.335 e. The van der Waals surface area contributed by atoms with Crippen LogP contribution in [0.5, 0.6) is 0 Å². The molecule has 1 aromatic carbocycles. The van der Waals surface area contributed by atoms with Crippen molar-refractivity contribution in [2.45, 2.75) is 25.8 Å². The van der Waals surface area contributed by atoms with Crippen molar-refractivity contribution in [1.29, 1.82) is 0 Å². The van der Waals surface area contributed by atoms with Crippen molar-refractivity contribution in [1.82, 2.24) is 9.62 Å². The first kappa shape index (κ1) is 17.4. The number of sulfonamides is 1. The Morgan fingerprint density at radius 1 is 1.22 bits per heavy atom. The lowest BCUT2D eigenvalue weighted by Gasteiger charge is -2.30. The van der Waals surface area contributed by atoms with Gasteiger partial charge in [-0.15, -0.1) is 0 Å². The Balaban J connectivity index is 1.86. The number of anilines is 1. The van der Waals surface area contributed by atoms with Gasteiger partial charge < -0.3 is 10.6 Å². The third kappa shape index (κ3) is 5.04. The average Bonchev–Trinajstić information content (AvgIpc) is 2.47. The molecule has 1 fully saturated rings. The van der Waals surface area contributed by atoms with Crippen LogP contribution >= 0.6 is 0 Å². The van der Waals surface area contributed by atoms with Crippen molar-refractivity contribution < 1.29 is 18.0 Å². The molecule has 23 heavy (non-hydrogen) atoms. The molecule has 0 bridgehead atoms. The van der Waals surface area contributed by atoms with Gasteiger partial charge in [0, 0.05) is 30.4 Å². The number of piperidine rings is 1. The van der Waals surface area contributed by atoms with Crippen LogP contribution in [-0.2, 0) is 10.0 Å². The highest BCUT2D eigenvalue weighted by Gasteiger charge is 2.25. The number of carbonyl (C=O) groups excluding carboxylic acids is 2. The number of rotatable bonds is 4. The Bertz CT molecular complexity index is 694. The Morgan fingerprint density at radius 2 is 1.87 bits per heavy atom. The highest BCUT2D eigenvalue weighted by molar-refractivity contribution is 7.88. The monoisotopic (exact) mass is 339 g/mol. The van der Waals surface area contributed by atoms with Gasteiger partial charge in [-0.1, -0.05) is 12.1 Å². The lowest BCUT2D eigenvalue weighted by Crippen LogP contribution is -2.47. The molecule has 2 amide bonds. The molecule has 126 valence electrons. The van der Waals surface area contributed by atoms with E-state index >= 15 is 0 Å². The van der Waals surface area contributed by atoms with Gasteiger partial charge in [-0.25, -0.2) is 17.5 Å². The zero-order valence-electron chi connectivity index (χ0n) is 13.2. The molecule has 8 heteroatoms. The van der Waals surface area contributed by atoms with Gasteiger partial charge in [0.25, 0.3) is 0 Å². The Kier molecular flexibility index (Phi) is 5.38. The fourth-order valence-electron chi connectivity index (χ4n) is 2.50. The molecule has 0 atom stereocenters. The molecule has 0 spiro atoms. The number of urea groups is 1. The summed E-state index contributed by atoms with van der Waals surface area (Å²) in [5.41, 5.74) is 1.08. The topological polar surface area (TPSA) is 95.6 Å². The number of nitrogens with one attached hydrogen (secondary N) is 2. The second-order valence-corrected chi connectivity index (χ2v) is 7.65. The minimum Gasteiger partial charge on any atom is -0.335 e. The van der Waals surface area contributed by atoms with Crippen LogP contribution in [0.2, 0.25) is 0 Å². The third-order valence-electron chi connectivity index (χ3n) is 3.79. The minimum absolute atomic E-state index is 0.0658. The van der Waals surface area contributed by atoms with E-state index in [9.17, 15) is 18.0 Å². The van der Waals surface area contributed by atoms with Gasteiger partial charge in [-0.2, -0.15) is 0 Å². The first-order valence-electron chi connectivity index (χ1n) is 7.39. The molecule has 0 saturated carbocycles. The minimum atomic E-state index is -3.17. The summed E-state index contributed by atoms with van der Waals surface area (Å²) in [5, 5.41) is 5.52. The molecule has 0 unspecified atom stereocenters. The number of ketones is 1. The number of hydrogen-bond donors (Lipinski definition) is 2. The maximum atomic E-state index is 12.0. The van der Waals surface area contributed by atoms with Gasteiger partial charge >= 0.3 is 6.03 Å². The van der Waals surface area contributed by atoms with E-state index in [2.05, 4.69) is 10.6 Å². The lowest BCUT2D eigenvalue weighted by atomic mass is 10.1. The van der Waals surface area contributed by atoms with E-state index in [1.54, 1.807) is 24.3 Å². The number of amides is 2. The quantitative estimate of drug-likeness (QED) is 0.811. The lowest BCUT2D eigenvalue weighted by molar-refractivity contribution is 0.101. The van der Waals surface area contributed by atoms with Gasteiger partial charge in [0.05, 0.1) is 6.26 Å². The second-order valence-electron chi connectivity index (χ2n) is 5.67. The fourth-order valence-corrected chi connectivity index (χ4v) is 3.37. The van der Waals surface area contributed by atoms with Crippen LogP contribution < -0.4 is 10.6 Å². The summed E-state index contributed by atoms with van der Waals surface area (Å²) in [4.78, 5) is 23.3. The molecule has 2 rings (SSSR count). The Labute approximate surface area is 136 Å². The van der Waals surface area contributed by atoms with E-state index in [1.807, 2.05) is 0 Å². The predicted molar refractivity (Wildman–Crippen MR) is 88.0 cm³/mol. The number of benzene rings is 1. The van der Waals surface area contributed by atoms with E-state index in [0.717, 1.165) is 0 Å². The van der Waals surface area contributed by atoms with Crippen molar-refractivity contribution in [2.75, 3.05) is 24.7 Å². The van der Waals surface area contributed by atoms with Gasteiger partial charge in [-0.05, 0) is 31.9 Å². The van der Waals surface area contributed by atoms with Crippen LogP contribution in [0.4, 0.5) is 10.5 Å². The molecular weight excluding hydrogens is 318 g/mol. The van der Waals surface area contributed by atoms with E-state index in [1.165, 1.54) is 17.5 Å². The highest BCUT2D eigenvalue weighted by atomic mass is 32.2. The van der Waals surface area contributed by atoms with Crippen LogP contribution in [0.1, 0.15) is 30.1 Å². The maximum absolute atomic E-state index is 12.0. The molecule has 7 nitrogen and oxygen atoms in total. The Hall–Kier alpha value is -1.93. The summed E-state index contributed by atoms with van der Waals surface area (Å²) >= 11 is 0. The maximum Gasteiger partial charge on any atom is 0.319 e. The first-order chi connectivity index (χ1) is 10.8. The van der Waals surface area contributed by atoms with Crippen molar-refractivity contribution in [3.05, 3.63) is 29.8 Å². The van der Waals surface area contributed by atoms with Crippen LogP contribution in [0.25, 0.3) is 0 Å². The zero-order valence-corrected chi connectivity index (χ0v) is 14.0. The summed E-state index contributed by atoms with van der Waals surface area (Å²) in [7, 11) is -3.17. The summed E-state index contributed by atoms with van der Waals surface area (Å²) in [6.07, 6.45) is 2.34. The van der Waals surface area contributed by atoms with Crippen LogP contribution in [0.3, 0.4) is 0 Å². The molecule has 1 aliphatic heterocycles. The summed E-state index contributed by atoms with van der Waals surface area (Å²) < 4.78 is 24.3. The number of carbonyl (C=O) groups is 2. The van der Waals surface area contributed by atoms with Gasteiger partial charge in [-0.3, -0.25) is 4.79 Å².